The van der Waals surface area contributed by atoms with Gasteiger partial charge in [0, 0.05) is 25.4 Å². The van der Waals surface area contributed by atoms with Crippen molar-refractivity contribution in [3.8, 4) is 0 Å². The van der Waals surface area contributed by atoms with Crippen molar-refractivity contribution in [2.24, 2.45) is 5.73 Å². The summed E-state index contributed by atoms with van der Waals surface area (Å²) in [6.07, 6.45) is 0.502. The SMILES string of the molecule is CCN(CC)C(=O)CC(CN)c1ccc(C)cc1C. The number of nitrogens with zero attached hydrogens (tertiary/aromatic N) is 1. The Hall–Kier alpha value is -1.35. The number of hydrogen-bond acceptors (Lipinski definition) is 2. The predicted octanol–water partition coefficient (Wildman–Crippen LogP) is 2.60. The van der Waals surface area contributed by atoms with Crippen molar-refractivity contribution >= 4 is 5.91 Å². The molecule has 0 spiro atoms. The van der Waals surface area contributed by atoms with E-state index >= 15 is 0 Å². The lowest BCUT2D eigenvalue weighted by Gasteiger charge is -2.23. The molecular formula is C16H26N2O. The lowest BCUT2D eigenvalue weighted by atomic mass is 9.90. The highest BCUT2D eigenvalue weighted by atomic mass is 16.2. The molecule has 0 aromatic heterocycles. The van der Waals surface area contributed by atoms with Crippen molar-refractivity contribution in [1.82, 2.24) is 4.90 Å². The number of amides is 1. The Balaban J connectivity index is 2.86. The smallest absolute Gasteiger partial charge is 0.223 e. The van der Waals surface area contributed by atoms with Gasteiger partial charge in [-0.05, 0) is 45.4 Å². The van der Waals surface area contributed by atoms with Gasteiger partial charge in [-0.3, -0.25) is 4.79 Å². The first-order chi connectivity index (χ1) is 9.03. The molecule has 19 heavy (non-hydrogen) atoms. The molecule has 1 amide bonds. The summed E-state index contributed by atoms with van der Waals surface area (Å²) in [7, 11) is 0. The molecule has 1 unspecified atom stereocenters. The van der Waals surface area contributed by atoms with Crippen LogP contribution in [0.4, 0.5) is 0 Å². The van der Waals surface area contributed by atoms with Gasteiger partial charge in [0.2, 0.25) is 5.91 Å². The van der Waals surface area contributed by atoms with Crippen LogP contribution >= 0.6 is 0 Å². The van der Waals surface area contributed by atoms with E-state index in [1.807, 2.05) is 18.7 Å². The van der Waals surface area contributed by atoms with E-state index in [2.05, 4.69) is 32.0 Å². The summed E-state index contributed by atoms with van der Waals surface area (Å²) < 4.78 is 0. The number of nitrogens with two attached hydrogens (primary N) is 1. The lowest BCUT2D eigenvalue weighted by Crippen LogP contribution is -2.32. The van der Waals surface area contributed by atoms with E-state index in [4.69, 9.17) is 5.73 Å². The second-order valence-electron chi connectivity index (χ2n) is 5.06. The first-order valence-electron chi connectivity index (χ1n) is 7.08. The highest BCUT2D eigenvalue weighted by molar-refractivity contribution is 5.77. The number of benzene rings is 1. The van der Waals surface area contributed by atoms with Gasteiger partial charge in [-0.2, -0.15) is 0 Å². The minimum Gasteiger partial charge on any atom is -0.343 e. The maximum Gasteiger partial charge on any atom is 0.223 e. The van der Waals surface area contributed by atoms with Gasteiger partial charge in [0.1, 0.15) is 0 Å². The first-order valence-corrected chi connectivity index (χ1v) is 7.08. The molecular weight excluding hydrogens is 236 g/mol. The average Bonchev–Trinajstić information content (AvgIpc) is 2.38. The number of rotatable bonds is 6. The molecule has 0 aliphatic heterocycles. The van der Waals surface area contributed by atoms with Crippen molar-refractivity contribution < 1.29 is 4.79 Å². The molecule has 0 fully saturated rings. The average molecular weight is 262 g/mol. The van der Waals surface area contributed by atoms with Gasteiger partial charge < -0.3 is 10.6 Å². The summed E-state index contributed by atoms with van der Waals surface area (Å²) in [5.41, 5.74) is 9.54. The fraction of sp³-hybridized carbons (Fsp3) is 0.562. The molecule has 0 saturated carbocycles. The third-order valence-corrected chi connectivity index (χ3v) is 3.69. The molecule has 1 rings (SSSR count). The lowest BCUT2D eigenvalue weighted by molar-refractivity contribution is -0.131. The van der Waals surface area contributed by atoms with Crippen molar-refractivity contribution in [2.45, 2.75) is 40.0 Å². The Labute approximate surface area is 116 Å². The minimum atomic E-state index is 0.119. The highest BCUT2D eigenvalue weighted by Crippen LogP contribution is 2.24. The summed E-state index contributed by atoms with van der Waals surface area (Å²) in [5, 5.41) is 0. The molecule has 2 N–H and O–H groups in total. The van der Waals surface area contributed by atoms with Gasteiger partial charge in [0.05, 0.1) is 0 Å². The summed E-state index contributed by atoms with van der Waals surface area (Å²) in [6.45, 7) is 10.2. The summed E-state index contributed by atoms with van der Waals surface area (Å²) in [5.74, 6) is 0.314. The van der Waals surface area contributed by atoms with Gasteiger partial charge in [0.15, 0.2) is 0 Å². The standard InChI is InChI=1S/C16H26N2O/c1-5-18(6-2)16(19)10-14(11-17)15-8-7-12(3)9-13(15)4/h7-9,14H,5-6,10-11,17H2,1-4H3. The van der Waals surface area contributed by atoms with Crippen molar-refractivity contribution in [3.05, 3.63) is 34.9 Å². The Morgan fingerprint density at radius 1 is 1.26 bits per heavy atom. The molecule has 1 atom stereocenters. The van der Waals surface area contributed by atoms with Crippen molar-refractivity contribution in [2.75, 3.05) is 19.6 Å². The zero-order valence-corrected chi connectivity index (χ0v) is 12.6. The van der Waals surface area contributed by atoms with Crippen molar-refractivity contribution in [3.63, 3.8) is 0 Å². The van der Waals surface area contributed by atoms with Crippen LogP contribution in [0.25, 0.3) is 0 Å². The number of hydrogen-bond donors (Lipinski definition) is 1. The molecule has 1 aromatic rings. The molecule has 3 heteroatoms. The zero-order chi connectivity index (χ0) is 14.4. The normalized spacial score (nSPS) is 12.3. The van der Waals surface area contributed by atoms with E-state index in [0.29, 0.717) is 13.0 Å². The van der Waals surface area contributed by atoms with Crippen LogP contribution in [0.2, 0.25) is 0 Å². The number of carbonyl (C=O) groups excluding carboxylic acids is 1. The second kappa shape index (κ2) is 7.29. The van der Waals surface area contributed by atoms with Gasteiger partial charge in [-0.25, -0.2) is 0 Å². The van der Waals surface area contributed by atoms with E-state index in [1.54, 1.807) is 0 Å². The molecule has 106 valence electrons. The molecule has 0 radical (unpaired) electrons. The van der Waals surface area contributed by atoms with Gasteiger partial charge >= 0.3 is 0 Å². The largest absolute Gasteiger partial charge is 0.343 e. The summed E-state index contributed by atoms with van der Waals surface area (Å²) in [6, 6.07) is 6.35. The van der Waals surface area contributed by atoms with Crippen LogP contribution in [0.3, 0.4) is 0 Å². The van der Waals surface area contributed by atoms with E-state index < -0.39 is 0 Å². The highest BCUT2D eigenvalue weighted by Gasteiger charge is 2.19. The van der Waals surface area contributed by atoms with Gasteiger partial charge in [-0.15, -0.1) is 0 Å². The molecule has 0 saturated heterocycles. The van der Waals surface area contributed by atoms with Crippen molar-refractivity contribution in [1.29, 1.82) is 0 Å². The Bertz CT molecular complexity index is 425. The Morgan fingerprint density at radius 3 is 2.37 bits per heavy atom. The number of aryl methyl sites for hydroxylation is 2. The Morgan fingerprint density at radius 2 is 1.89 bits per heavy atom. The molecule has 1 aromatic carbocycles. The van der Waals surface area contributed by atoms with Gasteiger partial charge in [0.25, 0.3) is 0 Å². The van der Waals surface area contributed by atoms with E-state index in [1.165, 1.54) is 16.7 Å². The zero-order valence-electron chi connectivity index (χ0n) is 12.6. The Kier molecular flexibility index (Phi) is 6.03. The van der Waals surface area contributed by atoms with Crippen LogP contribution in [0.15, 0.2) is 18.2 Å². The van der Waals surface area contributed by atoms with Crippen LogP contribution in [-0.2, 0) is 4.79 Å². The minimum absolute atomic E-state index is 0.119. The first kappa shape index (κ1) is 15.7. The van der Waals surface area contributed by atoms with Crippen LogP contribution < -0.4 is 5.73 Å². The van der Waals surface area contributed by atoms with E-state index in [0.717, 1.165) is 13.1 Å². The predicted molar refractivity (Wildman–Crippen MR) is 80.3 cm³/mol. The molecule has 0 bridgehead atoms. The van der Waals surface area contributed by atoms with E-state index in [9.17, 15) is 4.79 Å². The van der Waals surface area contributed by atoms with Crippen LogP contribution in [0.5, 0.6) is 0 Å². The second-order valence-corrected chi connectivity index (χ2v) is 5.06. The topological polar surface area (TPSA) is 46.3 Å². The quantitative estimate of drug-likeness (QED) is 0.856. The fourth-order valence-corrected chi connectivity index (χ4v) is 2.52. The van der Waals surface area contributed by atoms with Crippen LogP contribution in [0, 0.1) is 13.8 Å². The third kappa shape index (κ3) is 4.06. The third-order valence-electron chi connectivity index (χ3n) is 3.69. The van der Waals surface area contributed by atoms with Gasteiger partial charge in [-0.1, -0.05) is 23.8 Å². The summed E-state index contributed by atoms with van der Waals surface area (Å²) >= 11 is 0. The monoisotopic (exact) mass is 262 g/mol. The molecule has 0 aliphatic carbocycles. The molecule has 0 heterocycles. The van der Waals surface area contributed by atoms with Crippen LogP contribution in [-0.4, -0.2) is 30.4 Å². The summed E-state index contributed by atoms with van der Waals surface area (Å²) in [4.78, 5) is 14.1. The number of carbonyl (C=O) groups is 1. The fourth-order valence-electron chi connectivity index (χ4n) is 2.52. The molecule has 3 nitrogen and oxygen atoms in total. The molecule has 0 aliphatic rings. The van der Waals surface area contributed by atoms with Crippen LogP contribution in [0.1, 0.15) is 42.9 Å². The van der Waals surface area contributed by atoms with E-state index in [-0.39, 0.29) is 11.8 Å². The maximum atomic E-state index is 12.2. The maximum absolute atomic E-state index is 12.2.